The van der Waals surface area contributed by atoms with E-state index in [2.05, 4.69) is 29.1 Å². The first-order chi connectivity index (χ1) is 43.6. The van der Waals surface area contributed by atoms with Crippen LogP contribution in [0.1, 0.15) is 129 Å². The minimum absolute atomic E-state index is 0.0746. The average Bonchev–Trinajstić information content (AvgIpc) is 0.734. The van der Waals surface area contributed by atoms with Gasteiger partial charge in [0.1, 0.15) is 29.4 Å². The molecule has 19 nitrogen and oxygen atoms in total. The molecule has 0 amide bonds. The number of rotatable bonds is 18. The highest BCUT2D eigenvalue weighted by atomic mass is 32.2. The Balaban J connectivity index is 0.000000202. The maximum atomic E-state index is 13.8. The molecule has 21 heteroatoms. The summed E-state index contributed by atoms with van der Waals surface area (Å²) in [5.74, 6) is -3.46. The molecular weight excluding hydrogens is 1210 g/mol. The van der Waals surface area contributed by atoms with Gasteiger partial charge in [0.25, 0.3) is 0 Å². The van der Waals surface area contributed by atoms with Gasteiger partial charge < -0.3 is 39.8 Å². The van der Waals surface area contributed by atoms with E-state index in [-0.39, 0.29) is 73.5 Å². The van der Waals surface area contributed by atoms with Crippen molar-refractivity contribution in [2.75, 3.05) is 68.0 Å². The molecule has 1 atom stereocenters. The quantitative estimate of drug-likeness (QED) is 0.0437. The minimum atomic E-state index is -3.78. The first-order valence-electron chi connectivity index (χ1n) is 31.5. The van der Waals surface area contributed by atoms with Crippen LogP contribution in [0.5, 0.6) is 5.75 Å². The number of hydrogen-bond acceptors (Lipinski definition) is 12. The number of fused-ring (bicyclic) bond motifs is 5. The molecule has 5 heterocycles. The van der Waals surface area contributed by atoms with E-state index in [4.69, 9.17) is 9.15 Å². The summed E-state index contributed by atoms with van der Waals surface area (Å²) >= 11 is 0. The first kappa shape index (κ1) is 66.5. The molecular formula is C71H82N5O14S2+. The summed E-state index contributed by atoms with van der Waals surface area (Å²) in [6.45, 7) is 18.4. The number of anilines is 2. The molecule has 2 saturated heterocycles. The number of ether oxygens (including phenoxy) is 1. The van der Waals surface area contributed by atoms with Gasteiger partial charge in [-0.25, -0.2) is 40.0 Å². The summed E-state index contributed by atoms with van der Waals surface area (Å²) in [5, 5.41) is 44.1. The molecule has 7 aliphatic rings. The fourth-order valence-electron chi connectivity index (χ4n) is 13.5. The van der Waals surface area contributed by atoms with E-state index >= 15 is 0 Å². The number of nitrogens with one attached hydrogen (secondary N) is 2. The lowest BCUT2D eigenvalue weighted by atomic mass is 9.80. The number of hydrogen-bond donors (Lipinski definition) is 6. The third-order valence-corrected chi connectivity index (χ3v) is 22.3. The minimum Gasteiger partial charge on any atom is -0.481 e. The zero-order chi connectivity index (χ0) is 66.3. The largest absolute Gasteiger partial charge is 0.481 e. The van der Waals surface area contributed by atoms with E-state index in [1.54, 1.807) is 30.3 Å². The van der Waals surface area contributed by atoms with Crippen LogP contribution in [-0.2, 0) is 29.6 Å². The number of sulfonamides is 2. The topological polar surface area (TPSA) is 276 Å². The van der Waals surface area contributed by atoms with E-state index < -0.39 is 61.3 Å². The fraction of sp³-hybridized carbons (Fsp3) is 0.394. The van der Waals surface area contributed by atoms with E-state index in [1.807, 2.05) is 121 Å². The molecule has 11 rings (SSSR count). The van der Waals surface area contributed by atoms with Crippen molar-refractivity contribution in [3.05, 3.63) is 164 Å². The van der Waals surface area contributed by atoms with Gasteiger partial charge in [0, 0.05) is 108 Å². The Morgan fingerprint density at radius 3 is 1.90 bits per heavy atom. The highest BCUT2D eigenvalue weighted by Gasteiger charge is 2.39. The molecule has 6 N–H and O–H groups in total. The number of carbonyl (C=O) groups is 4. The smallest absolute Gasteiger partial charge is 0.336 e. The van der Waals surface area contributed by atoms with Gasteiger partial charge in [-0.2, -0.15) is 0 Å². The van der Waals surface area contributed by atoms with Crippen molar-refractivity contribution in [2.45, 2.75) is 99.5 Å². The van der Waals surface area contributed by atoms with Crippen LogP contribution in [-0.4, -0.2) is 133 Å². The lowest BCUT2D eigenvalue weighted by Gasteiger charge is -2.41. The SMILES string of the molecule is CCNc1cc2c(cc1C)C(c1ccccc1C(=O)O)=C1C=C(C(CC(C)C)CS(=O)(=O)N3CCC(C(=O)O)CC3)CC=C1O2.CC[NH+]=c1cc2oc3cc4c(cc3c(-c3ccccc3C(=O)O)c-2cc1C)C(CS(=O)(=O)N1CCC(C(=O)O)CC1)=CC(C)(C)N4C. The molecule has 2 fully saturated rings. The Labute approximate surface area is 537 Å². The van der Waals surface area contributed by atoms with Crippen LogP contribution >= 0.6 is 0 Å². The Bertz CT molecular complexity index is 4350. The van der Waals surface area contributed by atoms with Crippen LogP contribution in [0.4, 0.5) is 11.4 Å². The van der Waals surface area contributed by atoms with Crippen LogP contribution in [0.3, 0.4) is 0 Å². The van der Waals surface area contributed by atoms with Gasteiger partial charge in [0.2, 0.25) is 25.4 Å². The molecule has 0 bridgehead atoms. The average molecular weight is 1290 g/mol. The number of aryl methyl sites for hydroxylation is 2. The zero-order valence-electron chi connectivity index (χ0n) is 53.6. The lowest BCUT2D eigenvalue weighted by molar-refractivity contribution is -0.496. The van der Waals surface area contributed by atoms with Crippen molar-refractivity contribution in [3.8, 4) is 28.2 Å². The third-order valence-electron chi connectivity index (χ3n) is 18.5. The van der Waals surface area contributed by atoms with E-state index in [1.165, 1.54) is 8.61 Å². The number of carboxylic acids is 4. The molecule has 0 saturated carbocycles. The molecule has 4 aromatic carbocycles. The molecule has 92 heavy (non-hydrogen) atoms. The van der Waals surface area contributed by atoms with E-state index in [9.17, 15) is 56.4 Å². The van der Waals surface area contributed by atoms with E-state index in [0.29, 0.717) is 81.7 Å². The summed E-state index contributed by atoms with van der Waals surface area (Å²) in [4.78, 5) is 53.3. The Hall–Kier alpha value is -8.37. The Morgan fingerprint density at radius 1 is 0.728 bits per heavy atom. The number of likely N-dealkylation sites (N-methyl/N-ethyl adjacent to an activating group) is 1. The van der Waals surface area contributed by atoms with Crippen molar-refractivity contribution in [2.24, 2.45) is 23.7 Å². The van der Waals surface area contributed by atoms with Gasteiger partial charge in [-0.3, -0.25) is 9.59 Å². The summed E-state index contributed by atoms with van der Waals surface area (Å²) in [5.41, 5.74) is 11.1. The predicted octanol–water partition coefficient (Wildman–Crippen LogP) is 10.3. The second-order valence-electron chi connectivity index (χ2n) is 25.6. The monoisotopic (exact) mass is 1290 g/mol. The molecule has 0 spiro atoms. The highest BCUT2D eigenvalue weighted by Crippen LogP contribution is 2.50. The van der Waals surface area contributed by atoms with Crippen molar-refractivity contribution in [1.82, 2.24) is 8.61 Å². The second-order valence-corrected chi connectivity index (χ2v) is 29.6. The first-order valence-corrected chi connectivity index (χ1v) is 34.7. The van der Waals surface area contributed by atoms with Crippen molar-refractivity contribution in [1.29, 1.82) is 0 Å². The summed E-state index contributed by atoms with van der Waals surface area (Å²) in [6.07, 6.45) is 8.28. The highest BCUT2D eigenvalue weighted by molar-refractivity contribution is 7.89. The lowest BCUT2D eigenvalue weighted by Crippen LogP contribution is -2.76. The molecule has 2 aliphatic carbocycles. The van der Waals surface area contributed by atoms with Crippen LogP contribution in [0, 0.1) is 37.5 Å². The number of aromatic carboxylic acids is 2. The molecule has 0 aromatic heterocycles. The van der Waals surface area contributed by atoms with Crippen LogP contribution in [0.25, 0.3) is 44.6 Å². The summed E-state index contributed by atoms with van der Waals surface area (Å²) in [6, 6.07) is 25.6. The summed E-state index contributed by atoms with van der Waals surface area (Å²) < 4.78 is 71.0. The molecule has 486 valence electrons. The van der Waals surface area contributed by atoms with Gasteiger partial charge in [-0.05, 0) is 151 Å². The van der Waals surface area contributed by atoms with Gasteiger partial charge in [-0.1, -0.05) is 68.0 Å². The van der Waals surface area contributed by atoms with Crippen molar-refractivity contribution >= 4 is 77.4 Å². The maximum Gasteiger partial charge on any atom is 0.336 e. The second kappa shape index (κ2) is 26.7. The van der Waals surface area contributed by atoms with Crippen LogP contribution < -0.4 is 25.3 Å². The van der Waals surface area contributed by atoms with Crippen LogP contribution in [0.15, 0.2) is 124 Å². The standard InChI is InChI=1S/C36H39N3O7S.C35H42N2O7S/c1-6-37-29-17-31-27(15-21(29)2)33(24-9-7-8-10-25(24)35(42)43)28-16-26-23(19-36(3,4)38(5)30(26)18-32(28)46-31)20-47(44,45)39-13-11-22(12-14-39)34(40)41;1-5-36-30-19-32-28(17-22(30)4)33(26-8-6-7-9-27(26)35(40)41)29-18-24(10-11-31(29)44-32)25(16-21(2)3)20-45(42,43)37-14-12-23(13-15-37)34(38)39/h7-10,15-19,22H,6,11-14,20H2,1-5H3,(H,40,41)(H,42,43);6-9,11,17-19,21,23,25,36H,5,10,12-16,20H2,1-4H3,(H,38,39)(H,40,41)/p+1. The number of aliphatic carboxylic acids is 2. The number of nitrogens with zero attached hydrogens (tertiary/aromatic N) is 3. The number of piperidine rings is 2. The maximum absolute atomic E-state index is 13.8. The van der Waals surface area contributed by atoms with Gasteiger partial charge in [0.15, 0.2) is 0 Å². The Morgan fingerprint density at radius 2 is 1.32 bits per heavy atom. The predicted molar refractivity (Wildman–Crippen MR) is 356 cm³/mol. The number of carboxylic acid groups (broad SMARTS) is 4. The summed E-state index contributed by atoms with van der Waals surface area (Å²) in [7, 11) is -5.48. The van der Waals surface area contributed by atoms with Gasteiger partial charge >= 0.3 is 23.9 Å². The Kier molecular flexibility index (Phi) is 19.3. The normalized spacial score (nSPS) is 17.8. The van der Waals surface area contributed by atoms with Gasteiger partial charge in [0.05, 0.1) is 46.1 Å². The van der Waals surface area contributed by atoms with Gasteiger partial charge in [-0.15, -0.1) is 0 Å². The zero-order valence-corrected chi connectivity index (χ0v) is 55.2. The molecule has 1 unspecified atom stereocenters. The number of allylic oxidation sites excluding steroid dienone is 3. The van der Waals surface area contributed by atoms with Crippen molar-refractivity contribution in [3.63, 3.8) is 0 Å². The molecule has 5 aliphatic heterocycles. The molecule has 0 radical (unpaired) electrons. The van der Waals surface area contributed by atoms with Crippen molar-refractivity contribution < 1.29 is 70.6 Å². The fourth-order valence-corrected chi connectivity index (χ4v) is 16.9. The van der Waals surface area contributed by atoms with E-state index in [0.717, 1.165) is 68.8 Å². The molecule has 4 aromatic rings. The number of benzene rings is 5. The van der Waals surface area contributed by atoms with Crippen LogP contribution in [0.2, 0.25) is 0 Å². The third kappa shape index (κ3) is 13.6.